The Labute approximate surface area is 66.1 Å². The highest BCUT2D eigenvalue weighted by Gasteiger charge is 1.99. The summed E-state index contributed by atoms with van der Waals surface area (Å²) in [6.07, 6.45) is 13.9. The predicted molar refractivity (Wildman–Crippen MR) is 44.8 cm³/mol. The number of hydrogen-bond donors (Lipinski definition) is 0. The van der Waals surface area contributed by atoms with E-state index in [1.54, 1.807) is 6.08 Å². The lowest BCUT2D eigenvalue weighted by Crippen LogP contribution is -1.85. The van der Waals surface area contributed by atoms with Crippen molar-refractivity contribution in [3.63, 3.8) is 0 Å². The average molecular weight is 144 g/mol. The van der Waals surface area contributed by atoms with Gasteiger partial charge in [0.15, 0.2) is 0 Å². The maximum absolute atomic E-state index is 10.4. The van der Waals surface area contributed by atoms with Gasteiger partial charge in [0.05, 0.1) is 0 Å². The second-order valence-corrected chi connectivity index (χ2v) is 2.26. The van der Waals surface area contributed by atoms with E-state index < -0.39 is 0 Å². The molecule has 1 rings (SSSR count). The molecule has 1 nitrogen and oxygen atoms in total. The van der Waals surface area contributed by atoms with Crippen molar-refractivity contribution in [1.82, 2.24) is 0 Å². The summed E-state index contributed by atoms with van der Waals surface area (Å²) in [6.45, 7) is 0. The van der Waals surface area contributed by atoms with Crippen molar-refractivity contribution < 1.29 is 4.79 Å². The van der Waals surface area contributed by atoms with Crippen LogP contribution in [0, 0.1) is 12.3 Å². The summed E-state index contributed by atoms with van der Waals surface area (Å²) < 4.78 is 0. The largest absolute Gasteiger partial charge is 0.298 e. The van der Waals surface area contributed by atoms with Crippen molar-refractivity contribution >= 4 is 6.29 Å². The van der Waals surface area contributed by atoms with E-state index in [1.165, 1.54) is 0 Å². The minimum atomic E-state index is 0.576. The predicted octanol–water partition coefficient (Wildman–Crippen LogP) is 1.63. The van der Waals surface area contributed by atoms with Crippen LogP contribution in [-0.2, 0) is 4.79 Å². The molecule has 0 unspecified atom stereocenters. The van der Waals surface area contributed by atoms with Gasteiger partial charge in [-0.25, -0.2) is 0 Å². The maximum atomic E-state index is 10.4. The monoisotopic (exact) mass is 144 g/mol. The zero-order valence-corrected chi connectivity index (χ0v) is 6.08. The fraction of sp³-hybridized carbons (Fsp3) is 0.100. The van der Waals surface area contributed by atoms with Gasteiger partial charge in [-0.2, -0.15) is 0 Å². The molecule has 54 valence electrons. The summed E-state index contributed by atoms with van der Waals surface area (Å²) in [6, 6.07) is 0. The highest BCUT2D eigenvalue weighted by molar-refractivity contribution is 5.75. The Hall–Kier alpha value is -1.55. The van der Waals surface area contributed by atoms with Crippen LogP contribution in [0.25, 0.3) is 0 Å². The van der Waals surface area contributed by atoms with Crippen LogP contribution in [0.15, 0.2) is 35.5 Å². The minimum Gasteiger partial charge on any atom is -0.298 e. The molecule has 0 spiro atoms. The van der Waals surface area contributed by atoms with Crippen LogP contribution in [0.3, 0.4) is 0 Å². The van der Waals surface area contributed by atoms with Crippen molar-refractivity contribution in [2.24, 2.45) is 0 Å². The molecule has 0 fully saturated rings. The Kier molecular flexibility index (Phi) is 2.46. The number of hydrogen-bond acceptors (Lipinski definition) is 1. The summed E-state index contributed by atoms with van der Waals surface area (Å²) in [7, 11) is 0. The molecule has 0 atom stereocenters. The summed E-state index contributed by atoms with van der Waals surface area (Å²) in [5, 5.41) is 0. The zero-order valence-electron chi connectivity index (χ0n) is 6.08. The average Bonchev–Trinajstić information content (AvgIpc) is 2.28. The third-order valence-electron chi connectivity index (χ3n) is 1.45. The molecule has 0 saturated carbocycles. The number of aldehydes is 1. The van der Waals surface area contributed by atoms with Gasteiger partial charge in [0.1, 0.15) is 6.29 Å². The lowest BCUT2D eigenvalue weighted by atomic mass is 10.1. The van der Waals surface area contributed by atoms with Crippen molar-refractivity contribution in [1.29, 1.82) is 0 Å². The molecule has 1 aliphatic carbocycles. The molecule has 0 heterocycles. The lowest BCUT2D eigenvalue weighted by Gasteiger charge is -1.94. The summed E-state index contributed by atoms with van der Waals surface area (Å²) in [5.41, 5.74) is 1.57. The van der Waals surface area contributed by atoms with E-state index in [4.69, 9.17) is 6.42 Å². The van der Waals surface area contributed by atoms with E-state index in [9.17, 15) is 4.79 Å². The van der Waals surface area contributed by atoms with Crippen LogP contribution in [0.5, 0.6) is 0 Å². The quantitative estimate of drug-likeness (QED) is 0.404. The second-order valence-electron chi connectivity index (χ2n) is 2.26. The van der Waals surface area contributed by atoms with Crippen LogP contribution in [0.2, 0.25) is 0 Å². The molecular formula is C10H8O. The fourth-order valence-corrected chi connectivity index (χ4v) is 0.869. The molecule has 1 heteroatoms. The van der Waals surface area contributed by atoms with E-state index in [2.05, 4.69) is 5.92 Å². The molecule has 0 aromatic rings. The first-order valence-electron chi connectivity index (χ1n) is 3.35. The number of carbonyl (C=O) groups is 1. The highest BCUT2D eigenvalue weighted by atomic mass is 16.1. The number of allylic oxidation sites excluding steroid dienone is 6. The first kappa shape index (κ1) is 7.56. The van der Waals surface area contributed by atoms with Crippen molar-refractivity contribution in [2.75, 3.05) is 0 Å². The minimum absolute atomic E-state index is 0.576. The Morgan fingerprint density at radius 1 is 1.45 bits per heavy atom. The van der Waals surface area contributed by atoms with Crippen LogP contribution in [0.4, 0.5) is 0 Å². The van der Waals surface area contributed by atoms with Gasteiger partial charge in [-0.1, -0.05) is 30.2 Å². The summed E-state index contributed by atoms with van der Waals surface area (Å²) >= 11 is 0. The van der Waals surface area contributed by atoms with E-state index in [1.807, 2.05) is 18.2 Å². The molecular weight excluding hydrogens is 136 g/mol. The molecule has 0 aromatic carbocycles. The van der Waals surface area contributed by atoms with Gasteiger partial charge in [-0.05, 0) is 5.57 Å². The van der Waals surface area contributed by atoms with Crippen LogP contribution >= 0.6 is 0 Å². The Balaban J connectivity index is 2.88. The van der Waals surface area contributed by atoms with E-state index in [0.717, 1.165) is 17.4 Å². The van der Waals surface area contributed by atoms with E-state index in [0.29, 0.717) is 6.42 Å². The molecule has 0 amide bonds. The number of rotatable bonds is 1. The van der Waals surface area contributed by atoms with Gasteiger partial charge >= 0.3 is 0 Å². The van der Waals surface area contributed by atoms with Crippen molar-refractivity contribution in [2.45, 2.75) is 6.42 Å². The first-order chi connectivity index (χ1) is 5.36. The van der Waals surface area contributed by atoms with Gasteiger partial charge < -0.3 is 0 Å². The molecule has 1 aliphatic rings. The van der Waals surface area contributed by atoms with Crippen LogP contribution < -0.4 is 0 Å². The molecule has 0 saturated heterocycles. The maximum Gasteiger partial charge on any atom is 0.146 e. The topological polar surface area (TPSA) is 17.1 Å². The van der Waals surface area contributed by atoms with Crippen molar-refractivity contribution in [3.05, 3.63) is 35.5 Å². The van der Waals surface area contributed by atoms with E-state index >= 15 is 0 Å². The van der Waals surface area contributed by atoms with Gasteiger partial charge in [-0.3, -0.25) is 4.79 Å². The second kappa shape index (κ2) is 3.58. The molecule has 0 N–H and O–H groups in total. The third-order valence-corrected chi connectivity index (χ3v) is 1.45. The third kappa shape index (κ3) is 1.94. The SMILES string of the molecule is C#CC1=CC=CC=C(C=O)C1. The molecule has 0 aliphatic heterocycles. The smallest absolute Gasteiger partial charge is 0.146 e. The molecule has 0 bridgehead atoms. The fourth-order valence-electron chi connectivity index (χ4n) is 0.869. The van der Waals surface area contributed by atoms with Gasteiger partial charge in [0.25, 0.3) is 0 Å². The summed E-state index contributed by atoms with van der Waals surface area (Å²) in [5.74, 6) is 2.52. The zero-order chi connectivity index (χ0) is 8.10. The molecule has 11 heavy (non-hydrogen) atoms. The normalized spacial score (nSPS) is 15.9. The lowest BCUT2D eigenvalue weighted by molar-refractivity contribution is -0.105. The van der Waals surface area contributed by atoms with Gasteiger partial charge in [0.2, 0.25) is 0 Å². The molecule has 0 radical (unpaired) electrons. The number of terminal acetylenes is 1. The molecule has 0 aromatic heterocycles. The Morgan fingerprint density at radius 3 is 2.82 bits per heavy atom. The summed E-state index contributed by atoms with van der Waals surface area (Å²) in [4.78, 5) is 10.4. The van der Waals surface area contributed by atoms with Gasteiger partial charge in [0, 0.05) is 12.0 Å². The Bertz CT molecular complexity index is 284. The number of carbonyl (C=O) groups excluding carboxylic acids is 1. The Morgan fingerprint density at radius 2 is 2.18 bits per heavy atom. The van der Waals surface area contributed by atoms with Crippen molar-refractivity contribution in [3.8, 4) is 12.3 Å². The van der Waals surface area contributed by atoms with Crippen LogP contribution in [-0.4, -0.2) is 6.29 Å². The standard InChI is InChI=1S/C10H8O/c1-2-9-5-3-4-6-10(7-9)8-11/h1,3-6,8H,7H2. The van der Waals surface area contributed by atoms with E-state index in [-0.39, 0.29) is 0 Å². The van der Waals surface area contributed by atoms with Crippen LogP contribution in [0.1, 0.15) is 6.42 Å². The van der Waals surface area contributed by atoms with Gasteiger partial charge in [-0.15, -0.1) is 6.42 Å². The highest BCUT2D eigenvalue weighted by Crippen LogP contribution is 2.11. The first-order valence-corrected chi connectivity index (χ1v) is 3.35.